The highest BCUT2D eigenvalue weighted by molar-refractivity contribution is 7.98. The second kappa shape index (κ2) is 6.96. The Bertz CT molecular complexity index is 404. The van der Waals surface area contributed by atoms with Gasteiger partial charge in [0.2, 0.25) is 0 Å². The molecule has 0 radical (unpaired) electrons. The van der Waals surface area contributed by atoms with E-state index >= 15 is 0 Å². The molecule has 3 N–H and O–H groups in total. The van der Waals surface area contributed by atoms with Crippen molar-refractivity contribution in [3.05, 3.63) is 6.07 Å². The predicted molar refractivity (Wildman–Crippen MR) is 81.6 cm³/mol. The molecule has 2 rings (SSSR count). The molecule has 106 valence electrons. The molecule has 0 bridgehead atoms. The molecule has 0 amide bonds. The van der Waals surface area contributed by atoms with Gasteiger partial charge in [0.25, 0.3) is 0 Å². The van der Waals surface area contributed by atoms with Crippen LogP contribution >= 0.6 is 11.8 Å². The summed E-state index contributed by atoms with van der Waals surface area (Å²) in [5, 5.41) is 4.22. The number of rotatable bonds is 5. The smallest absolute Gasteiger partial charge is 0.191 e. The van der Waals surface area contributed by atoms with E-state index in [1.165, 1.54) is 50.7 Å². The van der Waals surface area contributed by atoms with Crippen molar-refractivity contribution in [3.63, 3.8) is 0 Å². The van der Waals surface area contributed by atoms with Crippen molar-refractivity contribution < 1.29 is 0 Å². The minimum absolute atomic E-state index is 0.497. The lowest BCUT2D eigenvalue weighted by Gasteiger charge is -2.32. The maximum Gasteiger partial charge on any atom is 0.191 e. The fourth-order valence-electron chi connectivity index (χ4n) is 2.43. The Morgan fingerprint density at radius 2 is 2.16 bits per heavy atom. The first-order valence-electron chi connectivity index (χ1n) is 6.88. The lowest BCUT2D eigenvalue weighted by molar-refractivity contribution is 0.219. The average Bonchev–Trinajstić information content (AvgIpc) is 2.40. The molecule has 1 aromatic rings. The van der Waals surface area contributed by atoms with Crippen LogP contribution in [0.4, 0.5) is 11.6 Å². The first-order valence-corrected chi connectivity index (χ1v) is 8.11. The fraction of sp³-hybridized carbons (Fsp3) is 0.692. The molecule has 19 heavy (non-hydrogen) atoms. The van der Waals surface area contributed by atoms with Gasteiger partial charge >= 0.3 is 0 Å². The molecule has 0 unspecified atom stereocenters. The summed E-state index contributed by atoms with van der Waals surface area (Å²) in [6, 6.07) is 2.31. The van der Waals surface area contributed by atoms with Crippen LogP contribution in [0.2, 0.25) is 0 Å². The van der Waals surface area contributed by atoms with Crippen molar-refractivity contribution in [3.8, 4) is 0 Å². The summed E-state index contributed by atoms with van der Waals surface area (Å²) in [4.78, 5) is 11.1. The number of thioether (sulfide) groups is 1. The van der Waals surface area contributed by atoms with Gasteiger partial charge in [0.05, 0.1) is 0 Å². The second-order valence-electron chi connectivity index (χ2n) is 4.93. The van der Waals surface area contributed by atoms with Crippen LogP contribution in [0.15, 0.2) is 11.2 Å². The Morgan fingerprint density at radius 3 is 2.79 bits per heavy atom. The van der Waals surface area contributed by atoms with E-state index in [-0.39, 0.29) is 0 Å². The van der Waals surface area contributed by atoms with Gasteiger partial charge in [-0.2, -0.15) is 0 Å². The molecule has 1 saturated heterocycles. The van der Waals surface area contributed by atoms with E-state index in [2.05, 4.69) is 27.1 Å². The van der Waals surface area contributed by atoms with Gasteiger partial charge in [0.15, 0.2) is 5.16 Å². The van der Waals surface area contributed by atoms with Crippen LogP contribution in [-0.4, -0.2) is 46.8 Å². The molecule has 0 aliphatic carbocycles. The molecule has 1 aromatic heterocycles. The zero-order valence-electron chi connectivity index (χ0n) is 11.7. The third-order valence-electron chi connectivity index (χ3n) is 3.39. The molecule has 0 aromatic carbocycles. The lowest BCUT2D eigenvalue weighted by Crippen LogP contribution is -2.39. The van der Waals surface area contributed by atoms with Crippen LogP contribution < -0.4 is 11.1 Å². The molecule has 6 heteroatoms. The summed E-state index contributed by atoms with van der Waals surface area (Å²) in [6.45, 7) is 5.78. The Balaban J connectivity index is 1.90. The largest absolute Gasteiger partial charge is 0.383 e. The molecule has 5 nitrogen and oxygen atoms in total. The van der Waals surface area contributed by atoms with E-state index in [1.807, 2.05) is 12.3 Å². The van der Waals surface area contributed by atoms with Gasteiger partial charge in [-0.25, -0.2) is 9.97 Å². The summed E-state index contributed by atoms with van der Waals surface area (Å²) in [7, 11) is 0. The van der Waals surface area contributed by atoms with E-state index in [0.717, 1.165) is 11.0 Å². The predicted octanol–water partition coefficient (Wildman–Crippen LogP) is 2.07. The number of nitrogen functional groups attached to an aromatic ring is 1. The first-order chi connectivity index (χ1) is 9.21. The van der Waals surface area contributed by atoms with Crippen LogP contribution in [0, 0.1) is 0 Å². The Morgan fingerprint density at radius 1 is 1.42 bits per heavy atom. The van der Waals surface area contributed by atoms with Gasteiger partial charge in [-0.1, -0.05) is 18.7 Å². The van der Waals surface area contributed by atoms with Gasteiger partial charge in [0, 0.05) is 25.2 Å². The number of hydrogen-bond acceptors (Lipinski definition) is 6. The Labute approximate surface area is 119 Å². The van der Waals surface area contributed by atoms with Crippen LogP contribution in [0.25, 0.3) is 0 Å². The van der Waals surface area contributed by atoms with Crippen molar-refractivity contribution in [1.82, 2.24) is 14.9 Å². The zero-order chi connectivity index (χ0) is 13.7. The van der Waals surface area contributed by atoms with E-state index < -0.39 is 0 Å². The molecular formula is C13H23N5S. The number of hydrogen-bond donors (Lipinski definition) is 2. The molecule has 0 saturated carbocycles. The van der Waals surface area contributed by atoms with Gasteiger partial charge in [-0.05, 0) is 32.1 Å². The number of piperidine rings is 1. The summed E-state index contributed by atoms with van der Waals surface area (Å²) >= 11 is 1.52. The summed E-state index contributed by atoms with van der Waals surface area (Å²) in [6.07, 6.45) is 5.52. The second-order valence-corrected chi connectivity index (χ2v) is 5.70. The average molecular weight is 281 g/mol. The first kappa shape index (κ1) is 14.4. The number of nitrogens with one attached hydrogen (secondary N) is 1. The maximum atomic E-state index is 5.79. The van der Waals surface area contributed by atoms with Crippen LogP contribution in [0.3, 0.4) is 0 Å². The van der Waals surface area contributed by atoms with E-state index in [9.17, 15) is 0 Å². The highest BCUT2D eigenvalue weighted by Crippen LogP contribution is 2.19. The normalized spacial score (nSPS) is 17.6. The van der Waals surface area contributed by atoms with Crippen LogP contribution in [-0.2, 0) is 0 Å². The maximum absolute atomic E-state index is 5.79. The Kier molecular flexibility index (Phi) is 5.27. The van der Waals surface area contributed by atoms with Crippen molar-refractivity contribution >= 4 is 23.4 Å². The molecular weight excluding hydrogens is 258 g/mol. The minimum Gasteiger partial charge on any atom is -0.383 e. The molecule has 0 atom stereocenters. The SMILES string of the molecule is CCCN1CCC(Nc2cc(N)nc(SC)n2)CC1. The molecule has 1 aliphatic rings. The number of nitrogens with two attached hydrogens (primary N) is 1. The topological polar surface area (TPSA) is 67.1 Å². The van der Waals surface area contributed by atoms with E-state index in [1.54, 1.807) is 0 Å². The number of anilines is 2. The summed E-state index contributed by atoms with van der Waals surface area (Å²) < 4.78 is 0. The van der Waals surface area contributed by atoms with Crippen molar-refractivity contribution in [2.45, 2.75) is 37.4 Å². The van der Waals surface area contributed by atoms with Gasteiger partial charge in [-0.15, -0.1) is 0 Å². The molecule has 1 fully saturated rings. The van der Waals surface area contributed by atoms with Crippen molar-refractivity contribution in [2.24, 2.45) is 0 Å². The standard InChI is InChI=1S/C13H23N5S/c1-3-6-18-7-4-10(5-8-18)15-12-9-11(14)16-13(17-12)19-2/h9-10H,3-8H2,1-2H3,(H3,14,15,16,17). The number of aromatic nitrogens is 2. The van der Waals surface area contributed by atoms with Crippen LogP contribution in [0.1, 0.15) is 26.2 Å². The van der Waals surface area contributed by atoms with Crippen molar-refractivity contribution in [1.29, 1.82) is 0 Å². The van der Waals surface area contributed by atoms with Gasteiger partial charge < -0.3 is 16.0 Å². The zero-order valence-corrected chi connectivity index (χ0v) is 12.5. The highest BCUT2D eigenvalue weighted by Gasteiger charge is 2.18. The van der Waals surface area contributed by atoms with Gasteiger partial charge in [0.1, 0.15) is 11.6 Å². The quantitative estimate of drug-likeness (QED) is 0.636. The number of likely N-dealkylation sites (tertiary alicyclic amines) is 1. The highest BCUT2D eigenvalue weighted by atomic mass is 32.2. The molecule has 2 heterocycles. The van der Waals surface area contributed by atoms with Gasteiger partial charge in [-0.3, -0.25) is 0 Å². The summed E-state index contributed by atoms with van der Waals surface area (Å²) in [5.74, 6) is 1.39. The molecule has 1 aliphatic heterocycles. The Hall–Kier alpha value is -1.01. The number of nitrogens with zero attached hydrogens (tertiary/aromatic N) is 3. The minimum atomic E-state index is 0.497. The van der Waals surface area contributed by atoms with E-state index in [4.69, 9.17) is 5.73 Å². The third kappa shape index (κ3) is 4.24. The third-order valence-corrected chi connectivity index (χ3v) is 3.94. The monoisotopic (exact) mass is 281 g/mol. The lowest BCUT2D eigenvalue weighted by atomic mass is 10.0. The van der Waals surface area contributed by atoms with Crippen LogP contribution in [0.5, 0.6) is 0 Å². The fourth-order valence-corrected chi connectivity index (χ4v) is 2.82. The molecule has 0 spiro atoms. The summed E-state index contributed by atoms with van der Waals surface area (Å²) in [5.41, 5.74) is 5.79. The van der Waals surface area contributed by atoms with E-state index in [0.29, 0.717) is 11.9 Å². The van der Waals surface area contributed by atoms with Crippen molar-refractivity contribution in [2.75, 3.05) is 36.9 Å².